The Labute approximate surface area is 179 Å². The summed E-state index contributed by atoms with van der Waals surface area (Å²) < 4.78 is 38.9. The molecule has 0 radical (unpaired) electrons. The van der Waals surface area contributed by atoms with Gasteiger partial charge in [0.1, 0.15) is 10.6 Å². The van der Waals surface area contributed by atoms with Gasteiger partial charge in [-0.05, 0) is 48.4 Å². The molecule has 0 saturated carbocycles. The third-order valence-electron chi connectivity index (χ3n) is 4.64. The Morgan fingerprint density at radius 1 is 1.21 bits per heavy atom. The second-order valence-electron chi connectivity index (χ2n) is 6.69. The molecule has 1 aliphatic heterocycles. The largest absolute Gasteiger partial charge is 0.495 e. The summed E-state index contributed by atoms with van der Waals surface area (Å²) in [6.07, 6.45) is 0.0468. The van der Waals surface area contributed by atoms with E-state index in [4.69, 9.17) is 9.47 Å². The number of halogens is 1. The van der Waals surface area contributed by atoms with Crippen LogP contribution >= 0.6 is 15.9 Å². The molecular weight excluding hydrogens is 460 g/mol. The van der Waals surface area contributed by atoms with E-state index in [1.54, 1.807) is 12.1 Å². The van der Waals surface area contributed by atoms with Crippen molar-refractivity contribution in [1.82, 2.24) is 4.31 Å². The second-order valence-corrected chi connectivity index (χ2v) is 9.51. The molecule has 1 amide bonds. The van der Waals surface area contributed by atoms with E-state index in [0.29, 0.717) is 37.6 Å². The van der Waals surface area contributed by atoms with Gasteiger partial charge in [-0.1, -0.05) is 22.0 Å². The molecule has 0 atom stereocenters. The SMILES string of the molecule is COc1ccc(CC(=O)Nc2ccc(Br)cc2C)cc1S(=O)(=O)N1CCOCC1. The fourth-order valence-electron chi connectivity index (χ4n) is 3.11. The van der Waals surface area contributed by atoms with E-state index in [0.717, 1.165) is 10.0 Å². The summed E-state index contributed by atoms with van der Waals surface area (Å²) in [5.41, 5.74) is 2.23. The number of carbonyl (C=O) groups excluding carboxylic acids is 1. The molecule has 3 rings (SSSR count). The third kappa shape index (κ3) is 5.16. The smallest absolute Gasteiger partial charge is 0.246 e. The predicted octanol–water partition coefficient (Wildman–Crippen LogP) is 2.97. The van der Waals surface area contributed by atoms with Gasteiger partial charge in [0.25, 0.3) is 0 Å². The number of methoxy groups -OCH3 is 1. The number of aryl methyl sites for hydroxylation is 1. The van der Waals surface area contributed by atoms with Crippen LogP contribution in [0.4, 0.5) is 5.69 Å². The fourth-order valence-corrected chi connectivity index (χ4v) is 5.20. The highest BCUT2D eigenvalue weighted by Crippen LogP contribution is 2.29. The van der Waals surface area contributed by atoms with Crippen LogP contribution in [0.1, 0.15) is 11.1 Å². The van der Waals surface area contributed by atoms with E-state index in [2.05, 4.69) is 21.2 Å². The van der Waals surface area contributed by atoms with Crippen LogP contribution in [-0.4, -0.2) is 52.0 Å². The molecule has 0 aliphatic carbocycles. The van der Waals surface area contributed by atoms with Crippen molar-refractivity contribution in [3.63, 3.8) is 0 Å². The Bertz CT molecular complexity index is 1000. The summed E-state index contributed by atoms with van der Waals surface area (Å²) in [5, 5.41) is 2.87. The van der Waals surface area contributed by atoms with Gasteiger partial charge >= 0.3 is 0 Å². The summed E-state index contributed by atoms with van der Waals surface area (Å²) in [4.78, 5) is 12.6. The zero-order valence-corrected chi connectivity index (χ0v) is 18.7. The summed E-state index contributed by atoms with van der Waals surface area (Å²) >= 11 is 3.40. The lowest BCUT2D eigenvalue weighted by molar-refractivity contribution is -0.115. The normalized spacial score (nSPS) is 15.1. The number of nitrogens with zero attached hydrogens (tertiary/aromatic N) is 1. The lowest BCUT2D eigenvalue weighted by atomic mass is 10.1. The zero-order valence-electron chi connectivity index (χ0n) is 16.3. The minimum absolute atomic E-state index is 0.0468. The lowest BCUT2D eigenvalue weighted by Gasteiger charge is -2.26. The number of carbonyl (C=O) groups is 1. The van der Waals surface area contributed by atoms with Crippen molar-refractivity contribution in [2.24, 2.45) is 0 Å². The van der Waals surface area contributed by atoms with Gasteiger partial charge in [-0.2, -0.15) is 4.31 Å². The Morgan fingerprint density at radius 3 is 2.59 bits per heavy atom. The van der Waals surface area contributed by atoms with E-state index in [1.807, 2.05) is 25.1 Å². The van der Waals surface area contributed by atoms with E-state index in [1.165, 1.54) is 17.5 Å². The molecule has 2 aromatic carbocycles. The zero-order chi connectivity index (χ0) is 21.0. The number of amides is 1. The van der Waals surface area contributed by atoms with E-state index in [-0.39, 0.29) is 23.0 Å². The van der Waals surface area contributed by atoms with E-state index in [9.17, 15) is 13.2 Å². The van der Waals surface area contributed by atoms with Crippen molar-refractivity contribution in [3.8, 4) is 5.75 Å². The molecule has 1 saturated heterocycles. The Hall–Kier alpha value is -1.94. The van der Waals surface area contributed by atoms with Crippen molar-refractivity contribution >= 4 is 37.5 Å². The van der Waals surface area contributed by atoms with Crippen molar-refractivity contribution in [2.75, 3.05) is 38.7 Å². The van der Waals surface area contributed by atoms with Crippen molar-refractivity contribution < 1.29 is 22.7 Å². The number of benzene rings is 2. The van der Waals surface area contributed by atoms with Crippen LogP contribution in [0.15, 0.2) is 45.8 Å². The molecule has 0 aromatic heterocycles. The molecular formula is C20H23BrN2O5S. The number of hydrogen-bond acceptors (Lipinski definition) is 5. The number of ether oxygens (including phenoxy) is 2. The van der Waals surface area contributed by atoms with Gasteiger partial charge in [0.15, 0.2) is 0 Å². The van der Waals surface area contributed by atoms with Gasteiger partial charge in [-0.3, -0.25) is 4.79 Å². The second kappa shape index (κ2) is 9.25. The van der Waals surface area contributed by atoms with Crippen molar-refractivity contribution in [1.29, 1.82) is 0 Å². The van der Waals surface area contributed by atoms with Gasteiger partial charge in [0.05, 0.1) is 26.7 Å². The molecule has 7 nitrogen and oxygen atoms in total. The van der Waals surface area contributed by atoms with Crippen LogP contribution in [0.2, 0.25) is 0 Å². The van der Waals surface area contributed by atoms with Crippen LogP contribution in [0.25, 0.3) is 0 Å². The predicted molar refractivity (Wildman–Crippen MR) is 114 cm³/mol. The monoisotopic (exact) mass is 482 g/mol. The highest BCUT2D eigenvalue weighted by Gasteiger charge is 2.29. The number of morpholine rings is 1. The summed E-state index contributed by atoms with van der Waals surface area (Å²) in [5.74, 6) is 0.0275. The highest BCUT2D eigenvalue weighted by molar-refractivity contribution is 9.10. The number of rotatable bonds is 6. The van der Waals surface area contributed by atoms with Gasteiger partial charge < -0.3 is 14.8 Å². The molecule has 2 aromatic rings. The molecule has 29 heavy (non-hydrogen) atoms. The molecule has 1 N–H and O–H groups in total. The van der Waals surface area contributed by atoms with Crippen molar-refractivity contribution in [2.45, 2.75) is 18.2 Å². The van der Waals surface area contributed by atoms with Crippen molar-refractivity contribution in [3.05, 3.63) is 52.0 Å². The maximum absolute atomic E-state index is 13.1. The van der Waals surface area contributed by atoms with Crippen LogP contribution in [0.5, 0.6) is 5.75 Å². The maximum atomic E-state index is 13.1. The number of hydrogen-bond donors (Lipinski definition) is 1. The van der Waals surface area contributed by atoms with E-state index < -0.39 is 10.0 Å². The number of anilines is 1. The molecule has 0 spiro atoms. The first-order valence-corrected chi connectivity index (χ1v) is 11.4. The van der Waals surface area contributed by atoms with Crippen LogP contribution in [0, 0.1) is 6.92 Å². The minimum Gasteiger partial charge on any atom is -0.495 e. The first-order chi connectivity index (χ1) is 13.8. The first-order valence-electron chi connectivity index (χ1n) is 9.12. The molecule has 0 bridgehead atoms. The van der Waals surface area contributed by atoms with Gasteiger partial charge in [-0.15, -0.1) is 0 Å². The molecule has 1 fully saturated rings. The van der Waals surface area contributed by atoms with Crippen LogP contribution < -0.4 is 10.1 Å². The quantitative estimate of drug-likeness (QED) is 0.683. The highest BCUT2D eigenvalue weighted by atomic mass is 79.9. The van der Waals surface area contributed by atoms with Gasteiger partial charge in [0.2, 0.25) is 15.9 Å². The third-order valence-corrected chi connectivity index (χ3v) is 7.06. The molecule has 9 heteroatoms. The first kappa shape index (κ1) is 21.8. The molecule has 156 valence electrons. The van der Waals surface area contributed by atoms with Gasteiger partial charge in [-0.25, -0.2) is 8.42 Å². The van der Waals surface area contributed by atoms with E-state index >= 15 is 0 Å². The summed E-state index contributed by atoms with van der Waals surface area (Å²) in [6.45, 7) is 3.20. The standard InChI is InChI=1S/C20H23BrN2O5S/c1-14-11-16(21)4-5-17(14)22-20(24)13-15-3-6-18(27-2)19(12-15)29(25,26)23-7-9-28-10-8-23/h3-6,11-12H,7-10,13H2,1-2H3,(H,22,24). The molecule has 1 heterocycles. The minimum atomic E-state index is -3.74. The summed E-state index contributed by atoms with van der Waals surface area (Å²) in [6, 6.07) is 10.4. The molecule has 0 unspecified atom stereocenters. The fraction of sp³-hybridized carbons (Fsp3) is 0.350. The van der Waals surface area contributed by atoms with Gasteiger partial charge in [0, 0.05) is 23.2 Å². The summed E-state index contributed by atoms with van der Waals surface area (Å²) in [7, 11) is -2.32. The Morgan fingerprint density at radius 2 is 1.93 bits per heavy atom. The average Bonchev–Trinajstić information content (AvgIpc) is 2.70. The topological polar surface area (TPSA) is 84.9 Å². The Kier molecular flexibility index (Phi) is 6.94. The average molecular weight is 483 g/mol. The Balaban J connectivity index is 1.81. The maximum Gasteiger partial charge on any atom is 0.246 e. The van der Waals surface area contributed by atoms with Crippen LogP contribution in [-0.2, 0) is 26.0 Å². The number of nitrogens with one attached hydrogen (secondary N) is 1. The lowest BCUT2D eigenvalue weighted by Crippen LogP contribution is -2.40. The van der Waals surface area contributed by atoms with Crippen LogP contribution in [0.3, 0.4) is 0 Å². The molecule has 1 aliphatic rings. The number of sulfonamides is 1.